The van der Waals surface area contributed by atoms with Gasteiger partial charge in [0, 0.05) is 23.6 Å². The van der Waals surface area contributed by atoms with Gasteiger partial charge < -0.3 is 10.2 Å². The molecule has 0 aliphatic carbocycles. The van der Waals surface area contributed by atoms with Gasteiger partial charge in [0.2, 0.25) is 0 Å². The Labute approximate surface area is 132 Å². The predicted molar refractivity (Wildman–Crippen MR) is 93.6 cm³/mol. The fourth-order valence-electron chi connectivity index (χ4n) is 2.22. The number of hydrogen-bond donors (Lipinski definition) is 1. The van der Waals surface area contributed by atoms with E-state index in [4.69, 9.17) is 0 Å². The number of rotatable bonds is 8. The maximum Gasteiger partial charge on any atom is 0.0513 e. The van der Waals surface area contributed by atoms with Gasteiger partial charge in [-0.1, -0.05) is 25.1 Å². The molecule has 1 N–H and O–H groups in total. The SMILES string of the molecule is C=C(C)CN(CC)c1ccc(C(C)NCCC)cc1Br. The predicted octanol–water partition coefficient (Wildman–Crippen LogP) is 4.91. The molecule has 0 spiro atoms. The minimum atomic E-state index is 0.386. The second-order valence-electron chi connectivity index (χ2n) is 5.36. The fraction of sp³-hybridized carbons (Fsp3) is 0.529. The number of anilines is 1. The van der Waals surface area contributed by atoms with Crippen molar-refractivity contribution in [2.24, 2.45) is 0 Å². The second-order valence-corrected chi connectivity index (χ2v) is 6.21. The summed E-state index contributed by atoms with van der Waals surface area (Å²) in [4.78, 5) is 2.33. The number of halogens is 1. The molecule has 0 bridgehead atoms. The van der Waals surface area contributed by atoms with Crippen molar-refractivity contribution in [2.45, 2.75) is 40.2 Å². The lowest BCUT2D eigenvalue weighted by Gasteiger charge is -2.25. The van der Waals surface area contributed by atoms with E-state index >= 15 is 0 Å². The Balaban J connectivity index is 2.88. The first-order valence-corrected chi connectivity index (χ1v) is 8.21. The molecule has 1 rings (SSSR count). The second kappa shape index (κ2) is 8.48. The lowest BCUT2D eigenvalue weighted by Crippen LogP contribution is -2.25. The van der Waals surface area contributed by atoms with E-state index in [0.717, 1.165) is 30.5 Å². The molecule has 1 unspecified atom stereocenters. The zero-order valence-corrected chi connectivity index (χ0v) is 14.8. The summed E-state index contributed by atoms with van der Waals surface area (Å²) in [5.74, 6) is 0. The minimum absolute atomic E-state index is 0.386. The van der Waals surface area contributed by atoms with Crippen molar-refractivity contribution in [1.82, 2.24) is 5.32 Å². The Hall–Kier alpha value is -0.800. The third-order valence-corrected chi connectivity index (χ3v) is 3.99. The molecule has 1 aromatic rings. The smallest absolute Gasteiger partial charge is 0.0513 e. The number of nitrogens with one attached hydrogen (secondary N) is 1. The first-order valence-electron chi connectivity index (χ1n) is 7.41. The van der Waals surface area contributed by atoms with E-state index in [1.54, 1.807) is 0 Å². The number of benzene rings is 1. The third kappa shape index (κ3) is 4.95. The summed E-state index contributed by atoms with van der Waals surface area (Å²) in [5.41, 5.74) is 3.74. The highest BCUT2D eigenvalue weighted by molar-refractivity contribution is 9.10. The van der Waals surface area contributed by atoms with Crippen LogP contribution in [0.4, 0.5) is 5.69 Å². The van der Waals surface area contributed by atoms with E-state index in [1.807, 2.05) is 0 Å². The average molecular weight is 339 g/mol. The average Bonchev–Trinajstić information content (AvgIpc) is 2.42. The maximum atomic E-state index is 4.01. The molecule has 112 valence electrons. The monoisotopic (exact) mass is 338 g/mol. The third-order valence-electron chi connectivity index (χ3n) is 3.36. The molecule has 0 amide bonds. The van der Waals surface area contributed by atoms with Crippen molar-refractivity contribution in [3.05, 3.63) is 40.4 Å². The molecule has 1 aromatic carbocycles. The number of nitrogens with zero attached hydrogens (tertiary/aromatic N) is 1. The summed E-state index contributed by atoms with van der Waals surface area (Å²) >= 11 is 3.72. The lowest BCUT2D eigenvalue weighted by molar-refractivity contribution is 0.570. The Kier molecular flexibility index (Phi) is 7.31. The Bertz CT molecular complexity index is 443. The first-order chi connectivity index (χ1) is 9.49. The highest BCUT2D eigenvalue weighted by atomic mass is 79.9. The molecule has 0 aliphatic rings. The molecule has 0 fully saturated rings. The Morgan fingerprint density at radius 1 is 1.40 bits per heavy atom. The van der Waals surface area contributed by atoms with Gasteiger partial charge in [-0.15, -0.1) is 0 Å². The molecule has 3 heteroatoms. The molecule has 0 aliphatic heterocycles. The van der Waals surface area contributed by atoms with Crippen molar-refractivity contribution < 1.29 is 0 Å². The van der Waals surface area contributed by atoms with Crippen LogP contribution in [0.25, 0.3) is 0 Å². The van der Waals surface area contributed by atoms with E-state index in [-0.39, 0.29) is 0 Å². The normalized spacial score (nSPS) is 12.2. The van der Waals surface area contributed by atoms with Gasteiger partial charge in [-0.25, -0.2) is 0 Å². The summed E-state index contributed by atoms with van der Waals surface area (Å²) in [6, 6.07) is 7.03. The van der Waals surface area contributed by atoms with Crippen molar-refractivity contribution >= 4 is 21.6 Å². The molecule has 1 atom stereocenters. The van der Waals surface area contributed by atoms with Gasteiger partial charge in [0.25, 0.3) is 0 Å². The fourth-order valence-corrected chi connectivity index (χ4v) is 2.87. The maximum absolute atomic E-state index is 4.01. The van der Waals surface area contributed by atoms with E-state index in [9.17, 15) is 0 Å². The van der Waals surface area contributed by atoms with Crippen LogP contribution in [0.5, 0.6) is 0 Å². The van der Waals surface area contributed by atoms with E-state index < -0.39 is 0 Å². The molecular weight excluding hydrogens is 312 g/mol. The summed E-state index contributed by atoms with van der Waals surface area (Å²) < 4.78 is 1.16. The summed E-state index contributed by atoms with van der Waals surface area (Å²) in [5, 5.41) is 3.52. The quantitative estimate of drug-likeness (QED) is 0.677. The van der Waals surface area contributed by atoms with E-state index in [1.165, 1.54) is 16.8 Å². The summed E-state index contributed by atoms with van der Waals surface area (Å²) in [7, 11) is 0. The molecule has 20 heavy (non-hydrogen) atoms. The van der Waals surface area contributed by atoms with Crippen LogP contribution < -0.4 is 10.2 Å². The zero-order chi connectivity index (χ0) is 15.1. The van der Waals surface area contributed by atoms with Gasteiger partial charge in [-0.05, 0) is 67.4 Å². The van der Waals surface area contributed by atoms with E-state index in [2.05, 4.69) is 78.6 Å². The molecule has 0 saturated heterocycles. The van der Waals surface area contributed by atoms with Crippen LogP contribution in [0.2, 0.25) is 0 Å². The van der Waals surface area contributed by atoms with Crippen LogP contribution in [0.15, 0.2) is 34.8 Å². The molecule has 0 saturated carbocycles. The highest BCUT2D eigenvalue weighted by Gasteiger charge is 2.11. The first kappa shape index (κ1) is 17.3. The van der Waals surface area contributed by atoms with Crippen molar-refractivity contribution in [3.63, 3.8) is 0 Å². The topological polar surface area (TPSA) is 15.3 Å². The zero-order valence-electron chi connectivity index (χ0n) is 13.2. The number of hydrogen-bond acceptors (Lipinski definition) is 2. The van der Waals surface area contributed by atoms with Gasteiger partial charge in [-0.3, -0.25) is 0 Å². The van der Waals surface area contributed by atoms with Crippen LogP contribution in [-0.4, -0.2) is 19.6 Å². The van der Waals surface area contributed by atoms with Crippen molar-refractivity contribution in [2.75, 3.05) is 24.5 Å². The van der Waals surface area contributed by atoms with Crippen LogP contribution in [0.1, 0.15) is 45.7 Å². The minimum Gasteiger partial charge on any atom is -0.367 e. The highest BCUT2D eigenvalue weighted by Crippen LogP contribution is 2.29. The van der Waals surface area contributed by atoms with Gasteiger partial charge in [-0.2, -0.15) is 0 Å². The van der Waals surface area contributed by atoms with Crippen molar-refractivity contribution in [1.29, 1.82) is 0 Å². The molecule has 2 nitrogen and oxygen atoms in total. The van der Waals surface area contributed by atoms with E-state index in [0.29, 0.717) is 6.04 Å². The molecular formula is C17H27BrN2. The van der Waals surface area contributed by atoms with Crippen molar-refractivity contribution in [3.8, 4) is 0 Å². The largest absolute Gasteiger partial charge is 0.367 e. The van der Waals surface area contributed by atoms with Crippen LogP contribution >= 0.6 is 15.9 Å². The molecule has 0 radical (unpaired) electrons. The van der Waals surface area contributed by atoms with Crippen LogP contribution in [0.3, 0.4) is 0 Å². The van der Waals surface area contributed by atoms with Gasteiger partial charge in [0.05, 0.1) is 5.69 Å². The lowest BCUT2D eigenvalue weighted by atomic mass is 10.1. The number of likely N-dealkylation sites (N-methyl/N-ethyl adjacent to an activating group) is 1. The van der Waals surface area contributed by atoms with Crippen LogP contribution in [-0.2, 0) is 0 Å². The molecule has 0 aromatic heterocycles. The van der Waals surface area contributed by atoms with Gasteiger partial charge >= 0.3 is 0 Å². The van der Waals surface area contributed by atoms with Gasteiger partial charge in [0.1, 0.15) is 0 Å². The summed E-state index contributed by atoms with van der Waals surface area (Å²) in [6.45, 7) is 15.6. The standard InChI is InChI=1S/C17H27BrN2/c1-6-10-19-14(5)15-8-9-17(16(18)11-15)20(7-2)12-13(3)4/h8-9,11,14,19H,3,6-7,10,12H2,1-2,4-5H3. The Morgan fingerprint density at radius 2 is 2.10 bits per heavy atom. The summed E-state index contributed by atoms with van der Waals surface area (Å²) in [6.07, 6.45) is 1.16. The molecule has 0 heterocycles. The van der Waals surface area contributed by atoms with Gasteiger partial charge in [0.15, 0.2) is 0 Å². The Morgan fingerprint density at radius 3 is 2.60 bits per heavy atom. The van der Waals surface area contributed by atoms with Crippen LogP contribution in [0, 0.1) is 0 Å².